The van der Waals surface area contributed by atoms with Crippen molar-refractivity contribution in [2.75, 3.05) is 6.54 Å². The van der Waals surface area contributed by atoms with Gasteiger partial charge in [-0.2, -0.15) is 0 Å². The van der Waals surface area contributed by atoms with Crippen LogP contribution >= 0.6 is 0 Å². The van der Waals surface area contributed by atoms with Gasteiger partial charge in [-0.3, -0.25) is 4.79 Å². The highest BCUT2D eigenvalue weighted by Crippen LogP contribution is 2.59. The number of aliphatic hydroxyl groups is 1. The Morgan fingerprint density at radius 1 is 1.33 bits per heavy atom. The molecule has 4 atom stereocenters. The van der Waals surface area contributed by atoms with Gasteiger partial charge >= 0.3 is 0 Å². The fourth-order valence-electron chi connectivity index (χ4n) is 4.43. The number of hydrogen-bond donors (Lipinski definition) is 2. The van der Waals surface area contributed by atoms with E-state index in [0.29, 0.717) is 24.3 Å². The molecule has 3 N–H and O–H groups in total. The monoisotopic (exact) mass is 389 g/mol. The first-order chi connectivity index (χ1) is 12.4. The number of fused-ring (bicyclic) bond motifs is 1. The fourth-order valence-corrected chi connectivity index (χ4v) is 4.43. The summed E-state index contributed by atoms with van der Waals surface area (Å²) in [6, 6.07) is 9.72. The Bertz CT molecular complexity index is 696. The molecule has 4 rings (SSSR count). The third-order valence-corrected chi connectivity index (χ3v) is 6.54. The quantitative estimate of drug-likeness (QED) is 0.623. The van der Waals surface area contributed by atoms with Crippen LogP contribution in [0.3, 0.4) is 0 Å². The van der Waals surface area contributed by atoms with Crippen LogP contribution < -0.4 is 17.7 Å². The molecular formula is C23H32ClNO2. The van der Waals surface area contributed by atoms with Crippen LogP contribution in [-0.2, 0) is 4.79 Å². The van der Waals surface area contributed by atoms with Crippen LogP contribution in [0.1, 0.15) is 51.7 Å². The number of halogens is 1. The lowest BCUT2D eigenvalue weighted by molar-refractivity contribution is -0.693. The molecule has 1 fully saturated rings. The van der Waals surface area contributed by atoms with Gasteiger partial charge in [0.2, 0.25) is 0 Å². The van der Waals surface area contributed by atoms with Crippen molar-refractivity contribution in [1.82, 2.24) is 0 Å². The van der Waals surface area contributed by atoms with Crippen molar-refractivity contribution in [1.29, 1.82) is 0 Å². The van der Waals surface area contributed by atoms with Gasteiger partial charge in [-0.25, -0.2) is 0 Å². The molecule has 0 amide bonds. The van der Waals surface area contributed by atoms with Crippen LogP contribution in [0.15, 0.2) is 54.1 Å². The van der Waals surface area contributed by atoms with Crippen molar-refractivity contribution < 1.29 is 27.6 Å². The van der Waals surface area contributed by atoms with E-state index in [1.54, 1.807) is 6.08 Å². The molecule has 3 nitrogen and oxygen atoms in total. The lowest BCUT2D eigenvalue weighted by Gasteiger charge is -2.56. The molecule has 3 aliphatic carbocycles. The summed E-state index contributed by atoms with van der Waals surface area (Å²) in [5, 5.41) is 12.4. The van der Waals surface area contributed by atoms with Gasteiger partial charge in [-0.15, -0.1) is 0 Å². The smallest absolute Gasteiger partial charge is 0.161 e. The number of rotatable bonds is 8. The summed E-state index contributed by atoms with van der Waals surface area (Å²) >= 11 is 0. The van der Waals surface area contributed by atoms with Gasteiger partial charge in [-0.1, -0.05) is 56.3 Å². The number of aliphatic hydroxyl groups excluding tert-OH is 1. The van der Waals surface area contributed by atoms with Gasteiger partial charge in [-0.05, 0) is 54.2 Å². The first-order valence-corrected chi connectivity index (χ1v) is 9.87. The van der Waals surface area contributed by atoms with Gasteiger partial charge in [0.05, 0.1) is 13.0 Å². The summed E-state index contributed by atoms with van der Waals surface area (Å²) in [5.41, 5.74) is 2.67. The number of benzene rings is 1. The lowest BCUT2D eigenvalue weighted by atomic mass is 9.49. The number of nitrogens with two attached hydrogens (primary N) is 1. The summed E-state index contributed by atoms with van der Waals surface area (Å²) < 4.78 is 0. The predicted octanol–water partition coefficient (Wildman–Crippen LogP) is 0.184. The van der Waals surface area contributed by atoms with Crippen LogP contribution in [0.2, 0.25) is 0 Å². The van der Waals surface area contributed by atoms with Crippen LogP contribution in [0, 0.1) is 17.3 Å². The van der Waals surface area contributed by atoms with Gasteiger partial charge < -0.3 is 22.8 Å². The standard InChI is InChI=1S/C23H31NO2.ClH/c1-16(22(26)18-7-5-4-6-8-18)24-14-13-20(25)12-10-17-9-11-19-15-21(17)23(19,2)3;/h4-10,12,16,19,21-22,24,26H,11,13-15H2,1-3H3;1H/b12-10+;. The summed E-state index contributed by atoms with van der Waals surface area (Å²) in [5.74, 6) is 1.62. The Balaban J connectivity index is 0.00000261. The fraction of sp³-hybridized carbons (Fsp3) is 0.522. The van der Waals surface area contributed by atoms with Crippen molar-refractivity contribution in [3.8, 4) is 0 Å². The van der Waals surface area contributed by atoms with Crippen molar-refractivity contribution >= 4 is 5.78 Å². The molecule has 1 aromatic carbocycles. The summed E-state index contributed by atoms with van der Waals surface area (Å²) in [7, 11) is 0. The molecule has 2 bridgehead atoms. The maximum absolute atomic E-state index is 12.2. The maximum Gasteiger partial charge on any atom is 0.161 e. The van der Waals surface area contributed by atoms with Crippen molar-refractivity contribution in [3.63, 3.8) is 0 Å². The highest BCUT2D eigenvalue weighted by Gasteiger charge is 2.50. The number of allylic oxidation sites excluding steroid dienone is 4. The third-order valence-electron chi connectivity index (χ3n) is 6.54. The summed E-state index contributed by atoms with van der Waals surface area (Å²) in [6.07, 6.45) is 8.55. The second-order valence-corrected chi connectivity index (χ2v) is 8.54. The average Bonchev–Trinajstić information content (AvgIpc) is 2.66. The topological polar surface area (TPSA) is 53.9 Å². The highest BCUT2D eigenvalue weighted by molar-refractivity contribution is 5.90. The number of ketones is 1. The third kappa shape index (κ3) is 4.90. The van der Waals surface area contributed by atoms with Crippen LogP contribution in [0.5, 0.6) is 0 Å². The highest BCUT2D eigenvalue weighted by atomic mass is 35.5. The molecule has 3 aliphatic rings. The van der Waals surface area contributed by atoms with Crippen molar-refractivity contribution in [3.05, 3.63) is 59.7 Å². The van der Waals surface area contributed by atoms with E-state index in [0.717, 1.165) is 17.9 Å². The Kier molecular flexibility index (Phi) is 7.44. The lowest BCUT2D eigenvalue weighted by Crippen LogP contribution is -3.00. The van der Waals surface area contributed by atoms with Crippen LogP contribution in [0.4, 0.5) is 0 Å². The van der Waals surface area contributed by atoms with Gasteiger partial charge in [0.15, 0.2) is 5.78 Å². The van der Waals surface area contributed by atoms with Crippen molar-refractivity contribution in [2.45, 2.75) is 52.2 Å². The minimum atomic E-state index is -0.511. The molecule has 0 spiro atoms. The first-order valence-electron chi connectivity index (χ1n) is 9.87. The number of hydrogen-bond acceptors (Lipinski definition) is 2. The Hall–Kier alpha value is -1.42. The summed E-state index contributed by atoms with van der Waals surface area (Å²) in [4.78, 5) is 12.2. The molecule has 0 aliphatic heterocycles. The molecule has 4 heteroatoms. The Morgan fingerprint density at radius 3 is 2.67 bits per heavy atom. The zero-order chi connectivity index (χ0) is 18.7. The molecule has 0 aromatic heterocycles. The second kappa shape index (κ2) is 9.18. The van der Waals surface area contributed by atoms with Gasteiger partial charge in [0.1, 0.15) is 12.1 Å². The summed E-state index contributed by atoms with van der Waals surface area (Å²) in [6.45, 7) is 7.40. The normalized spacial score (nSPS) is 25.1. The molecule has 148 valence electrons. The minimum absolute atomic E-state index is 0. The van der Waals surface area contributed by atoms with Crippen LogP contribution in [0.25, 0.3) is 0 Å². The van der Waals surface area contributed by atoms with E-state index in [9.17, 15) is 9.90 Å². The van der Waals surface area contributed by atoms with Crippen molar-refractivity contribution in [2.24, 2.45) is 17.3 Å². The largest absolute Gasteiger partial charge is 1.00 e. The SMILES string of the molecule is CC([NH2+]CCC(=O)/C=C/C1=CCC2CC1C2(C)C)C(O)c1ccccc1.[Cl-]. The van der Waals surface area contributed by atoms with E-state index in [4.69, 9.17) is 0 Å². The predicted molar refractivity (Wildman–Crippen MR) is 104 cm³/mol. The second-order valence-electron chi connectivity index (χ2n) is 8.54. The zero-order valence-corrected chi connectivity index (χ0v) is 17.3. The van der Waals surface area contributed by atoms with E-state index in [-0.39, 0.29) is 24.2 Å². The molecular weight excluding hydrogens is 358 g/mol. The molecule has 4 unspecified atom stereocenters. The Morgan fingerprint density at radius 2 is 2.04 bits per heavy atom. The number of carbonyl (C=O) groups is 1. The van der Waals surface area contributed by atoms with Crippen LogP contribution in [-0.4, -0.2) is 23.5 Å². The van der Waals surface area contributed by atoms with E-state index in [1.165, 1.54) is 12.0 Å². The zero-order valence-electron chi connectivity index (χ0n) is 16.6. The molecule has 0 radical (unpaired) electrons. The van der Waals surface area contributed by atoms with Gasteiger partial charge in [0, 0.05) is 0 Å². The number of quaternary nitrogens is 1. The molecule has 0 saturated heterocycles. The van der Waals surface area contributed by atoms with E-state index < -0.39 is 6.10 Å². The molecule has 1 aromatic rings. The Labute approximate surface area is 169 Å². The average molecular weight is 390 g/mol. The molecule has 0 heterocycles. The maximum atomic E-state index is 12.2. The minimum Gasteiger partial charge on any atom is -1.00 e. The van der Waals surface area contributed by atoms with E-state index in [2.05, 4.69) is 25.2 Å². The molecule has 1 saturated carbocycles. The van der Waals surface area contributed by atoms with E-state index in [1.807, 2.05) is 43.3 Å². The molecule has 27 heavy (non-hydrogen) atoms. The van der Waals surface area contributed by atoms with Gasteiger partial charge in [0.25, 0.3) is 0 Å². The first kappa shape index (κ1) is 21.9. The van der Waals surface area contributed by atoms with E-state index >= 15 is 0 Å². The number of carbonyl (C=O) groups excluding carboxylic acids is 1.